The molecule has 6 heteroatoms. The molecular weight excluding hydrogens is 216 g/mol. The number of hydrazine groups is 1. The number of unbranched alkanes of at least 4 members (excludes halogenated alkanes) is 1. The zero-order chi connectivity index (χ0) is 11.3. The number of amides is 1. The van der Waals surface area contributed by atoms with Gasteiger partial charge in [-0.05, 0) is 19.8 Å². The minimum absolute atomic E-state index is 0.135. The van der Waals surface area contributed by atoms with Crippen molar-refractivity contribution in [1.29, 1.82) is 0 Å². The summed E-state index contributed by atoms with van der Waals surface area (Å²) >= 11 is 5.85. The van der Waals surface area contributed by atoms with Gasteiger partial charge in [-0.25, -0.2) is 5.84 Å². The van der Waals surface area contributed by atoms with Crippen LogP contribution in [0.25, 0.3) is 0 Å². The minimum atomic E-state index is -0.135. The Hall–Kier alpha value is -1.07. The molecule has 0 radical (unpaired) electrons. The molecule has 0 saturated heterocycles. The van der Waals surface area contributed by atoms with Crippen LogP contribution in [0.5, 0.6) is 0 Å². The first-order valence-electron chi connectivity index (χ1n) is 4.82. The van der Waals surface area contributed by atoms with E-state index in [1.807, 2.05) is 6.92 Å². The van der Waals surface area contributed by atoms with Gasteiger partial charge in [0.1, 0.15) is 0 Å². The number of nitrogens with two attached hydrogens (primary N) is 1. The fraction of sp³-hybridized carbons (Fsp3) is 0.556. The number of nitrogens with one attached hydrogen (secondary N) is 1. The molecule has 15 heavy (non-hydrogen) atoms. The van der Waals surface area contributed by atoms with Crippen molar-refractivity contribution in [2.45, 2.75) is 32.7 Å². The van der Waals surface area contributed by atoms with Gasteiger partial charge in [0.15, 0.2) is 0 Å². The first-order chi connectivity index (χ1) is 7.13. The Bertz CT molecular complexity index is 317. The number of rotatable bonds is 5. The van der Waals surface area contributed by atoms with Crippen molar-refractivity contribution in [2.75, 3.05) is 0 Å². The van der Waals surface area contributed by atoms with Crippen LogP contribution in [-0.2, 0) is 11.3 Å². The SMILES string of the molecule is Cc1nn(CCCCC(=O)NN)cc1Cl. The molecule has 0 fully saturated rings. The molecule has 1 rings (SSSR count). The second-order valence-electron chi connectivity index (χ2n) is 3.35. The molecule has 0 aliphatic carbocycles. The maximum atomic E-state index is 10.8. The summed E-state index contributed by atoms with van der Waals surface area (Å²) < 4.78 is 1.79. The molecule has 0 unspecified atom stereocenters. The van der Waals surface area contributed by atoms with Gasteiger partial charge >= 0.3 is 0 Å². The lowest BCUT2D eigenvalue weighted by atomic mass is 10.2. The van der Waals surface area contributed by atoms with Crippen LogP contribution >= 0.6 is 11.6 Å². The van der Waals surface area contributed by atoms with Crippen molar-refractivity contribution in [3.05, 3.63) is 16.9 Å². The highest BCUT2D eigenvalue weighted by Gasteiger charge is 2.02. The molecule has 1 aromatic rings. The molecule has 5 nitrogen and oxygen atoms in total. The predicted molar refractivity (Wildman–Crippen MR) is 58.2 cm³/mol. The topological polar surface area (TPSA) is 72.9 Å². The number of hydrogen-bond acceptors (Lipinski definition) is 3. The van der Waals surface area contributed by atoms with Crippen LogP contribution in [0, 0.1) is 6.92 Å². The summed E-state index contributed by atoms with van der Waals surface area (Å²) in [6.07, 6.45) is 3.91. The Morgan fingerprint density at radius 2 is 2.40 bits per heavy atom. The molecule has 0 bridgehead atoms. The van der Waals surface area contributed by atoms with E-state index >= 15 is 0 Å². The van der Waals surface area contributed by atoms with Gasteiger partial charge in [0.05, 0.1) is 10.7 Å². The number of aromatic nitrogens is 2. The zero-order valence-corrected chi connectivity index (χ0v) is 9.42. The first-order valence-corrected chi connectivity index (χ1v) is 5.20. The summed E-state index contributed by atoms with van der Waals surface area (Å²) in [5.74, 6) is 4.82. The third-order valence-corrected chi connectivity index (χ3v) is 2.46. The third kappa shape index (κ3) is 3.89. The number of hydrogen-bond donors (Lipinski definition) is 2. The summed E-state index contributed by atoms with van der Waals surface area (Å²) in [5.41, 5.74) is 2.92. The number of carbonyl (C=O) groups excluding carboxylic acids is 1. The maximum absolute atomic E-state index is 10.8. The molecule has 3 N–H and O–H groups in total. The number of carbonyl (C=O) groups is 1. The quantitative estimate of drug-likeness (QED) is 0.343. The Balaban J connectivity index is 2.23. The molecule has 0 aliphatic rings. The Morgan fingerprint density at radius 1 is 1.67 bits per heavy atom. The Kier molecular flexibility index (Phi) is 4.58. The molecule has 0 atom stereocenters. The molecule has 1 aromatic heterocycles. The first kappa shape index (κ1) is 12.0. The molecule has 1 heterocycles. The molecule has 0 aromatic carbocycles. The Morgan fingerprint density at radius 3 is 2.93 bits per heavy atom. The third-order valence-electron chi connectivity index (χ3n) is 2.09. The summed E-state index contributed by atoms with van der Waals surface area (Å²) in [6.45, 7) is 2.63. The zero-order valence-electron chi connectivity index (χ0n) is 8.66. The lowest BCUT2D eigenvalue weighted by Crippen LogP contribution is -2.29. The molecule has 0 aliphatic heterocycles. The molecule has 1 amide bonds. The van der Waals surface area contributed by atoms with Crippen molar-refractivity contribution in [2.24, 2.45) is 5.84 Å². The van der Waals surface area contributed by atoms with E-state index in [4.69, 9.17) is 17.4 Å². The summed E-state index contributed by atoms with van der Waals surface area (Å²) in [6, 6.07) is 0. The van der Waals surface area contributed by atoms with Crippen LogP contribution in [0.3, 0.4) is 0 Å². The molecular formula is C9H15ClN4O. The van der Waals surface area contributed by atoms with Crippen molar-refractivity contribution in [1.82, 2.24) is 15.2 Å². The van der Waals surface area contributed by atoms with E-state index in [-0.39, 0.29) is 5.91 Å². The van der Waals surface area contributed by atoms with Crippen LogP contribution in [0.2, 0.25) is 5.02 Å². The van der Waals surface area contributed by atoms with Gasteiger partial charge in [0.2, 0.25) is 5.91 Å². The van der Waals surface area contributed by atoms with E-state index in [2.05, 4.69) is 10.5 Å². The van der Waals surface area contributed by atoms with E-state index < -0.39 is 0 Å². The highest BCUT2D eigenvalue weighted by atomic mass is 35.5. The van der Waals surface area contributed by atoms with E-state index in [1.54, 1.807) is 10.9 Å². The number of aryl methyl sites for hydroxylation is 2. The highest BCUT2D eigenvalue weighted by Crippen LogP contribution is 2.12. The lowest BCUT2D eigenvalue weighted by Gasteiger charge is -2.01. The second kappa shape index (κ2) is 5.72. The number of halogens is 1. The lowest BCUT2D eigenvalue weighted by molar-refractivity contribution is -0.121. The van der Waals surface area contributed by atoms with E-state index in [0.717, 1.165) is 25.1 Å². The smallest absolute Gasteiger partial charge is 0.233 e. The fourth-order valence-electron chi connectivity index (χ4n) is 1.24. The minimum Gasteiger partial charge on any atom is -0.294 e. The monoisotopic (exact) mass is 230 g/mol. The highest BCUT2D eigenvalue weighted by molar-refractivity contribution is 6.31. The second-order valence-corrected chi connectivity index (χ2v) is 3.76. The van der Waals surface area contributed by atoms with Crippen molar-refractivity contribution < 1.29 is 4.79 Å². The summed E-state index contributed by atoms with van der Waals surface area (Å²) in [5, 5.41) is 4.88. The maximum Gasteiger partial charge on any atom is 0.233 e. The molecule has 84 valence electrons. The predicted octanol–water partition coefficient (Wildman–Crippen LogP) is 1.01. The van der Waals surface area contributed by atoms with E-state index in [1.165, 1.54) is 0 Å². The van der Waals surface area contributed by atoms with E-state index in [0.29, 0.717) is 11.4 Å². The normalized spacial score (nSPS) is 10.3. The Labute approximate surface area is 93.6 Å². The van der Waals surface area contributed by atoms with Crippen LogP contribution in [0.1, 0.15) is 25.0 Å². The van der Waals surface area contributed by atoms with Gasteiger partial charge < -0.3 is 0 Å². The summed E-state index contributed by atoms with van der Waals surface area (Å²) in [7, 11) is 0. The van der Waals surface area contributed by atoms with Gasteiger partial charge in [-0.1, -0.05) is 11.6 Å². The number of nitrogens with zero attached hydrogens (tertiary/aromatic N) is 2. The van der Waals surface area contributed by atoms with Crippen molar-refractivity contribution in [3.63, 3.8) is 0 Å². The van der Waals surface area contributed by atoms with Crippen LogP contribution < -0.4 is 11.3 Å². The van der Waals surface area contributed by atoms with Crippen molar-refractivity contribution >= 4 is 17.5 Å². The molecule has 0 saturated carbocycles. The summed E-state index contributed by atoms with van der Waals surface area (Å²) in [4.78, 5) is 10.8. The average molecular weight is 231 g/mol. The molecule has 0 spiro atoms. The standard InChI is InChI=1S/C9H15ClN4O/c1-7-8(10)6-14(13-7)5-3-2-4-9(15)12-11/h6H,2-5,11H2,1H3,(H,12,15). The average Bonchev–Trinajstić information content (AvgIpc) is 2.53. The van der Waals surface area contributed by atoms with Crippen LogP contribution in [0.15, 0.2) is 6.20 Å². The van der Waals surface area contributed by atoms with Crippen LogP contribution in [0.4, 0.5) is 0 Å². The van der Waals surface area contributed by atoms with Gasteiger partial charge in [-0.3, -0.25) is 14.9 Å². The van der Waals surface area contributed by atoms with Gasteiger partial charge in [0.25, 0.3) is 0 Å². The van der Waals surface area contributed by atoms with Crippen molar-refractivity contribution in [3.8, 4) is 0 Å². The van der Waals surface area contributed by atoms with E-state index in [9.17, 15) is 4.79 Å². The van der Waals surface area contributed by atoms with Crippen LogP contribution in [-0.4, -0.2) is 15.7 Å². The largest absolute Gasteiger partial charge is 0.294 e. The van der Waals surface area contributed by atoms with Gasteiger partial charge in [-0.2, -0.15) is 5.10 Å². The van der Waals surface area contributed by atoms with Gasteiger partial charge in [0, 0.05) is 19.2 Å². The van der Waals surface area contributed by atoms with Gasteiger partial charge in [-0.15, -0.1) is 0 Å². The fourth-order valence-corrected chi connectivity index (χ4v) is 1.39.